The molecule has 6 N–H and O–H groups in total. The number of fused-ring (bicyclic) bond motifs is 8. The van der Waals surface area contributed by atoms with E-state index in [9.17, 15) is 25.2 Å². The van der Waals surface area contributed by atoms with Gasteiger partial charge in [-0.3, -0.25) is 15.0 Å². The van der Waals surface area contributed by atoms with Crippen LogP contribution in [0.5, 0.6) is 0 Å². The number of nitrogens with zero attached hydrogens (tertiary/aromatic N) is 1. The summed E-state index contributed by atoms with van der Waals surface area (Å²) in [5, 5.41) is 28.5. The summed E-state index contributed by atoms with van der Waals surface area (Å²) < 4.78 is 0. The van der Waals surface area contributed by atoms with Gasteiger partial charge in [0.15, 0.2) is 0 Å². The van der Waals surface area contributed by atoms with Crippen LogP contribution in [0.3, 0.4) is 0 Å². The molecule has 4 aromatic heterocycles. The van der Waals surface area contributed by atoms with Crippen molar-refractivity contribution in [1.82, 2.24) is 19.9 Å². The van der Waals surface area contributed by atoms with Gasteiger partial charge in [-0.25, -0.2) is 4.98 Å². The molecular formula is C34H39N5O4S. The van der Waals surface area contributed by atoms with Crippen LogP contribution in [-0.2, 0) is 22.4 Å². The predicted octanol–water partition coefficient (Wildman–Crippen LogP) is 7.30. The van der Waals surface area contributed by atoms with Gasteiger partial charge in [0.1, 0.15) is 5.36 Å². The first-order valence-corrected chi connectivity index (χ1v) is 15.4. The van der Waals surface area contributed by atoms with E-state index in [0.29, 0.717) is 22.5 Å². The van der Waals surface area contributed by atoms with E-state index in [4.69, 9.17) is 17.6 Å². The fourth-order valence-electron chi connectivity index (χ4n) is 6.44. The third-order valence-electron chi connectivity index (χ3n) is 8.89. The number of allylic oxidation sites excluding steroid dienone is 2. The number of thiol groups is 1. The maximum atomic E-state index is 11.6. The summed E-state index contributed by atoms with van der Waals surface area (Å²) in [6.07, 6.45) is 1.08. The van der Waals surface area contributed by atoms with Gasteiger partial charge in [0.05, 0.1) is 16.9 Å². The number of aromatic nitrogens is 4. The van der Waals surface area contributed by atoms with Gasteiger partial charge in [0, 0.05) is 45.7 Å². The molecule has 0 saturated heterocycles. The Morgan fingerprint density at radius 2 is 1.41 bits per heavy atom. The van der Waals surface area contributed by atoms with Crippen molar-refractivity contribution in [2.75, 3.05) is 0 Å². The predicted molar refractivity (Wildman–Crippen MR) is 178 cm³/mol. The second-order valence-corrected chi connectivity index (χ2v) is 12.4. The van der Waals surface area contributed by atoms with Crippen LogP contribution in [0.4, 0.5) is 0 Å². The van der Waals surface area contributed by atoms with Gasteiger partial charge in [-0.05, 0) is 117 Å². The van der Waals surface area contributed by atoms with Crippen molar-refractivity contribution >= 4 is 68.8 Å². The van der Waals surface area contributed by atoms with Crippen LogP contribution in [0.2, 0.25) is 0 Å². The highest BCUT2D eigenvalue weighted by Gasteiger charge is 2.22. The second-order valence-electron chi connectivity index (χ2n) is 11.6. The number of carboxylic acid groups (broad SMARTS) is 2. The highest BCUT2D eigenvalue weighted by Crippen LogP contribution is 2.35. The summed E-state index contributed by atoms with van der Waals surface area (Å²) in [7, 11) is 0. The SMILES string of the molecule is CCc1c(C)c2cc3[nH]c(cc4nc(c(=N)c5[nH]c(cc1[nH]2)c(C)c5CCC(=O)O)C(CCC(=O)O)=C4C)c(C)c3C(C)S. The zero-order valence-electron chi connectivity index (χ0n) is 26.0. The molecule has 44 heavy (non-hydrogen) atoms. The Labute approximate surface area is 260 Å². The summed E-state index contributed by atoms with van der Waals surface area (Å²) in [4.78, 5) is 38.8. The molecule has 0 aromatic carbocycles. The summed E-state index contributed by atoms with van der Waals surface area (Å²) in [6.45, 7) is 12.2. The van der Waals surface area contributed by atoms with Gasteiger partial charge < -0.3 is 25.2 Å². The number of nitrogens with one attached hydrogen (secondary N) is 4. The monoisotopic (exact) mass is 613 g/mol. The molecule has 0 aliphatic carbocycles. The smallest absolute Gasteiger partial charge is 0.303 e. The Morgan fingerprint density at radius 3 is 2.05 bits per heavy atom. The fourth-order valence-corrected chi connectivity index (χ4v) is 6.77. The molecular weight excluding hydrogens is 574 g/mol. The Morgan fingerprint density at radius 1 is 0.841 bits per heavy atom. The van der Waals surface area contributed by atoms with E-state index < -0.39 is 11.9 Å². The number of hydrogen-bond acceptors (Lipinski definition) is 5. The second kappa shape index (κ2) is 12.0. The maximum Gasteiger partial charge on any atom is 0.303 e. The molecule has 5 heterocycles. The summed E-state index contributed by atoms with van der Waals surface area (Å²) in [5.41, 5.74) is 13.6. The van der Waals surface area contributed by atoms with Crippen molar-refractivity contribution in [3.8, 4) is 0 Å². The molecule has 5 rings (SSSR count). The number of rotatable bonds is 8. The van der Waals surface area contributed by atoms with Gasteiger partial charge in [-0.15, -0.1) is 0 Å². The highest BCUT2D eigenvalue weighted by atomic mass is 32.1. The lowest BCUT2D eigenvalue weighted by Gasteiger charge is -2.04. The van der Waals surface area contributed by atoms with Crippen LogP contribution >= 0.6 is 12.6 Å². The average Bonchev–Trinajstić information content (AvgIpc) is 3.63. The third-order valence-corrected chi connectivity index (χ3v) is 9.14. The molecule has 8 bridgehead atoms. The molecule has 0 spiro atoms. The standard InChI is InChI=1S/C34H39N5O4S/c1-7-20-15(2)23-14-28-31(19(6)44)18(5)26(37-28)12-24-16(3)21(8-10-29(40)41)33(38-24)32(35)34-22(9-11-30(42)43)17(4)25(39-34)13-27(20)36-23/h12-14,19,35-37,39,44H,7-11H2,1-6H3,(H,40,41)(H,42,43). The van der Waals surface area contributed by atoms with Gasteiger partial charge in [0.25, 0.3) is 0 Å². The number of aryl methyl sites for hydroxylation is 5. The van der Waals surface area contributed by atoms with Crippen LogP contribution in [-0.4, -0.2) is 42.1 Å². The van der Waals surface area contributed by atoms with Gasteiger partial charge in [-0.1, -0.05) is 6.92 Å². The molecule has 0 fully saturated rings. The zero-order chi connectivity index (χ0) is 32.0. The molecule has 1 aliphatic heterocycles. The quantitative estimate of drug-likeness (QED) is 0.104. The van der Waals surface area contributed by atoms with Crippen molar-refractivity contribution in [2.24, 2.45) is 0 Å². The lowest BCUT2D eigenvalue weighted by atomic mass is 9.99. The minimum atomic E-state index is -0.929. The van der Waals surface area contributed by atoms with Gasteiger partial charge in [0.2, 0.25) is 0 Å². The van der Waals surface area contributed by atoms with Crippen molar-refractivity contribution in [1.29, 1.82) is 5.41 Å². The third kappa shape index (κ3) is 5.54. The molecule has 230 valence electrons. The molecule has 0 saturated carbocycles. The number of carboxylic acids is 2. The zero-order valence-corrected chi connectivity index (χ0v) is 26.8. The molecule has 9 nitrogen and oxygen atoms in total. The molecule has 0 radical (unpaired) electrons. The Kier molecular flexibility index (Phi) is 8.49. The topological polar surface area (TPSA) is 159 Å². The van der Waals surface area contributed by atoms with Crippen LogP contribution in [0, 0.1) is 26.2 Å². The minimum Gasteiger partial charge on any atom is -0.481 e. The lowest BCUT2D eigenvalue weighted by Crippen LogP contribution is -2.10. The Hall–Kier alpha value is -4.31. The van der Waals surface area contributed by atoms with Crippen molar-refractivity contribution in [3.05, 3.63) is 68.3 Å². The molecule has 10 heteroatoms. The number of hydrogen-bond donors (Lipinski definition) is 7. The van der Waals surface area contributed by atoms with Crippen LogP contribution in [0.25, 0.3) is 44.2 Å². The first kappa shape index (κ1) is 31.1. The molecule has 1 aliphatic rings. The Balaban J connectivity index is 2.02. The largest absolute Gasteiger partial charge is 0.481 e. The van der Waals surface area contributed by atoms with Gasteiger partial charge >= 0.3 is 11.9 Å². The highest BCUT2D eigenvalue weighted by molar-refractivity contribution is 7.80. The van der Waals surface area contributed by atoms with E-state index in [0.717, 1.165) is 67.4 Å². The minimum absolute atomic E-state index is 0.0406. The summed E-state index contributed by atoms with van der Waals surface area (Å²) >= 11 is 4.81. The van der Waals surface area contributed by atoms with E-state index in [-0.39, 0.29) is 36.3 Å². The van der Waals surface area contributed by atoms with Crippen LogP contribution in [0.1, 0.15) is 90.1 Å². The summed E-state index contributed by atoms with van der Waals surface area (Å²) in [5.74, 6) is -1.85. The van der Waals surface area contributed by atoms with E-state index in [1.54, 1.807) is 0 Å². The van der Waals surface area contributed by atoms with E-state index in [2.05, 4.69) is 41.8 Å². The summed E-state index contributed by atoms with van der Waals surface area (Å²) in [6, 6.07) is 6.12. The lowest BCUT2D eigenvalue weighted by molar-refractivity contribution is -0.137. The fraction of sp³-hybridized carbons (Fsp3) is 0.353. The number of carbonyl (C=O) groups is 2. The number of H-pyrrole nitrogens is 3. The Bertz CT molecular complexity index is 2060. The first-order valence-electron chi connectivity index (χ1n) is 14.9. The number of aromatic amines is 3. The number of aliphatic carboxylic acids is 2. The van der Waals surface area contributed by atoms with E-state index in [1.807, 2.05) is 32.9 Å². The maximum absolute atomic E-state index is 11.6. The van der Waals surface area contributed by atoms with E-state index in [1.165, 1.54) is 5.56 Å². The molecule has 1 atom stereocenters. The normalized spacial score (nSPS) is 13.2. The van der Waals surface area contributed by atoms with Gasteiger partial charge in [-0.2, -0.15) is 12.6 Å². The molecule has 4 aromatic rings. The van der Waals surface area contributed by atoms with E-state index >= 15 is 0 Å². The molecule has 0 amide bonds. The molecule has 1 unspecified atom stereocenters. The van der Waals surface area contributed by atoms with Crippen molar-refractivity contribution < 1.29 is 19.8 Å². The van der Waals surface area contributed by atoms with Crippen molar-refractivity contribution in [2.45, 2.75) is 78.9 Å². The first-order chi connectivity index (χ1) is 20.8. The average molecular weight is 614 g/mol. The van der Waals surface area contributed by atoms with Crippen LogP contribution < -0.4 is 5.36 Å². The van der Waals surface area contributed by atoms with Crippen LogP contribution in [0.15, 0.2) is 18.2 Å². The van der Waals surface area contributed by atoms with Crippen molar-refractivity contribution in [3.63, 3.8) is 0 Å².